The van der Waals surface area contributed by atoms with E-state index >= 15 is 0 Å². The topological polar surface area (TPSA) is 79.4 Å². The number of hydrogen-bond acceptors (Lipinski definition) is 5. The maximum absolute atomic E-state index is 13.6. The summed E-state index contributed by atoms with van der Waals surface area (Å²) in [7, 11) is -4.06. The molecule has 0 radical (unpaired) electrons. The van der Waals surface area contributed by atoms with E-state index in [9.17, 15) is 13.2 Å². The Morgan fingerprint density at radius 1 is 0.921 bits per heavy atom. The molecule has 4 aromatic carbocycles. The van der Waals surface area contributed by atoms with Crippen molar-refractivity contribution in [3.05, 3.63) is 107 Å². The number of halogens is 1. The summed E-state index contributed by atoms with van der Waals surface area (Å²) in [5, 5.41) is 3.92. The summed E-state index contributed by atoms with van der Waals surface area (Å²) in [5.74, 6) is -0.496. The van der Waals surface area contributed by atoms with Crippen LogP contribution in [0, 0.1) is 13.8 Å². The van der Waals surface area contributed by atoms with Crippen LogP contribution in [0.25, 0.3) is 20.8 Å². The minimum atomic E-state index is -4.06. The van der Waals surface area contributed by atoms with Gasteiger partial charge in [-0.1, -0.05) is 47.5 Å². The Morgan fingerprint density at radius 2 is 1.61 bits per heavy atom. The van der Waals surface area contributed by atoms with Gasteiger partial charge in [-0.15, -0.1) is 11.3 Å². The van der Waals surface area contributed by atoms with Gasteiger partial charge in [0.15, 0.2) is 0 Å². The first-order chi connectivity index (χ1) is 18.2. The normalized spacial score (nSPS) is 11.4. The van der Waals surface area contributed by atoms with Crippen molar-refractivity contribution in [2.45, 2.75) is 18.7 Å². The minimum absolute atomic E-state index is 0.0752. The predicted molar refractivity (Wildman–Crippen MR) is 156 cm³/mol. The molecular formula is C29H24ClN3O3S2. The van der Waals surface area contributed by atoms with Crippen molar-refractivity contribution in [1.29, 1.82) is 0 Å². The number of aromatic nitrogens is 1. The van der Waals surface area contributed by atoms with Gasteiger partial charge in [0, 0.05) is 11.3 Å². The Labute approximate surface area is 230 Å². The predicted octanol–water partition coefficient (Wildman–Crippen LogP) is 7.07. The molecule has 5 rings (SSSR count). The molecule has 0 bridgehead atoms. The standard InChI is InChI=1S/C29H24ClN3O3S2/c1-19-7-14-23(15-8-19)38(35,36)33(26-6-4-3-5-24(26)30)18-28(34)31-22-12-10-21(11-13-22)29-32-25-16-9-20(2)17-27(25)37-29/h3-17H,18H2,1-2H3,(H,31,34). The van der Waals surface area contributed by atoms with E-state index in [0.717, 1.165) is 30.7 Å². The van der Waals surface area contributed by atoms with Crippen LogP contribution in [0.2, 0.25) is 5.02 Å². The Kier molecular flexibility index (Phi) is 7.21. The van der Waals surface area contributed by atoms with Crippen LogP contribution in [-0.4, -0.2) is 25.9 Å². The zero-order valence-electron chi connectivity index (χ0n) is 20.7. The Bertz CT molecular complexity index is 1730. The minimum Gasteiger partial charge on any atom is -0.325 e. The van der Waals surface area contributed by atoms with E-state index in [1.807, 2.05) is 31.2 Å². The summed E-state index contributed by atoms with van der Waals surface area (Å²) >= 11 is 7.96. The van der Waals surface area contributed by atoms with Crippen LogP contribution < -0.4 is 9.62 Å². The molecule has 6 nitrogen and oxygen atoms in total. The molecular weight excluding hydrogens is 538 g/mol. The van der Waals surface area contributed by atoms with Crippen molar-refractivity contribution >= 4 is 60.5 Å². The molecule has 1 amide bonds. The summed E-state index contributed by atoms with van der Waals surface area (Å²) < 4.78 is 29.3. The second-order valence-corrected chi connectivity index (χ2v) is 12.2. The van der Waals surface area contributed by atoms with Crippen LogP contribution in [0.4, 0.5) is 11.4 Å². The number of carbonyl (C=O) groups excluding carboxylic acids is 1. The van der Waals surface area contributed by atoms with Crippen LogP contribution in [-0.2, 0) is 14.8 Å². The molecule has 0 aliphatic carbocycles. The van der Waals surface area contributed by atoms with Gasteiger partial charge in [-0.05, 0) is 80.1 Å². The van der Waals surface area contributed by atoms with Gasteiger partial charge in [-0.2, -0.15) is 0 Å². The lowest BCUT2D eigenvalue weighted by Crippen LogP contribution is -2.38. The summed E-state index contributed by atoms with van der Waals surface area (Å²) in [6.07, 6.45) is 0. The highest BCUT2D eigenvalue weighted by atomic mass is 35.5. The number of nitrogens with zero attached hydrogens (tertiary/aromatic N) is 2. The number of amides is 1. The first-order valence-electron chi connectivity index (χ1n) is 11.8. The van der Waals surface area contributed by atoms with Gasteiger partial charge in [-0.25, -0.2) is 13.4 Å². The summed E-state index contributed by atoms with van der Waals surface area (Å²) in [5.41, 5.74) is 4.76. The third-order valence-electron chi connectivity index (χ3n) is 5.98. The average molecular weight is 562 g/mol. The van der Waals surface area contributed by atoms with Gasteiger partial charge in [-0.3, -0.25) is 9.10 Å². The number of aryl methyl sites for hydroxylation is 2. The molecule has 1 heterocycles. The molecule has 1 aromatic heterocycles. The molecule has 0 saturated carbocycles. The van der Waals surface area contributed by atoms with Crippen LogP contribution in [0.1, 0.15) is 11.1 Å². The van der Waals surface area contributed by atoms with Crippen molar-refractivity contribution in [2.75, 3.05) is 16.2 Å². The van der Waals surface area contributed by atoms with Gasteiger partial charge in [0.25, 0.3) is 10.0 Å². The third kappa shape index (κ3) is 5.43. The van der Waals surface area contributed by atoms with E-state index in [2.05, 4.69) is 18.3 Å². The highest BCUT2D eigenvalue weighted by Gasteiger charge is 2.28. The summed E-state index contributed by atoms with van der Waals surface area (Å²) in [6.45, 7) is 3.48. The van der Waals surface area contributed by atoms with Gasteiger partial charge >= 0.3 is 0 Å². The molecule has 0 unspecified atom stereocenters. The zero-order valence-corrected chi connectivity index (χ0v) is 23.1. The highest BCUT2D eigenvalue weighted by molar-refractivity contribution is 7.92. The summed E-state index contributed by atoms with van der Waals surface area (Å²) in [4.78, 5) is 17.9. The fraction of sp³-hybridized carbons (Fsp3) is 0.103. The summed E-state index contributed by atoms with van der Waals surface area (Å²) in [6, 6.07) is 26.5. The van der Waals surface area contributed by atoms with E-state index < -0.39 is 22.5 Å². The molecule has 38 heavy (non-hydrogen) atoms. The van der Waals surface area contributed by atoms with Gasteiger partial charge in [0.05, 0.1) is 25.8 Å². The number of fused-ring (bicyclic) bond motifs is 1. The highest BCUT2D eigenvalue weighted by Crippen LogP contribution is 2.32. The lowest BCUT2D eigenvalue weighted by Gasteiger charge is -2.25. The number of benzene rings is 4. The maximum Gasteiger partial charge on any atom is 0.264 e. The lowest BCUT2D eigenvalue weighted by molar-refractivity contribution is -0.114. The number of sulfonamides is 1. The van der Waals surface area contributed by atoms with E-state index in [0.29, 0.717) is 5.69 Å². The van der Waals surface area contributed by atoms with Crippen molar-refractivity contribution in [2.24, 2.45) is 0 Å². The zero-order chi connectivity index (χ0) is 26.9. The number of carbonyl (C=O) groups is 1. The van der Waals surface area contributed by atoms with Gasteiger partial charge in [0.1, 0.15) is 11.6 Å². The van der Waals surface area contributed by atoms with E-state index in [-0.39, 0.29) is 15.6 Å². The molecule has 192 valence electrons. The maximum atomic E-state index is 13.6. The van der Waals surface area contributed by atoms with Crippen molar-refractivity contribution < 1.29 is 13.2 Å². The monoisotopic (exact) mass is 561 g/mol. The fourth-order valence-corrected chi connectivity index (χ4v) is 6.77. The van der Waals surface area contributed by atoms with Crippen molar-refractivity contribution in [1.82, 2.24) is 4.98 Å². The molecule has 0 spiro atoms. The van der Waals surface area contributed by atoms with Crippen LogP contribution in [0.5, 0.6) is 0 Å². The number of para-hydroxylation sites is 1. The second kappa shape index (κ2) is 10.6. The lowest BCUT2D eigenvalue weighted by atomic mass is 10.2. The fourth-order valence-electron chi connectivity index (χ4n) is 3.97. The van der Waals surface area contributed by atoms with E-state index in [4.69, 9.17) is 16.6 Å². The average Bonchev–Trinajstić information content (AvgIpc) is 3.32. The molecule has 1 N–H and O–H groups in total. The molecule has 5 aromatic rings. The van der Waals surface area contributed by atoms with Crippen molar-refractivity contribution in [3.8, 4) is 10.6 Å². The number of nitrogens with one attached hydrogen (secondary N) is 1. The third-order valence-corrected chi connectivity index (χ3v) is 9.14. The van der Waals surface area contributed by atoms with Crippen LogP contribution in [0.3, 0.4) is 0 Å². The molecule has 0 aliphatic heterocycles. The smallest absolute Gasteiger partial charge is 0.264 e. The largest absolute Gasteiger partial charge is 0.325 e. The van der Waals surface area contributed by atoms with Crippen molar-refractivity contribution in [3.63, 3.8) is 0 Å². The van der Waals surface area contributed by atoms with E-state index in [1.165, 1.54) is 17.7 Å². The van der Waals surface area contributed by atoms with E-state index in [1.54, 1.807) is 59.9 Å². The SMILES string of the molecule is Cc1ccc(S(=O)(=O)N(CC(=O)Nc2ccc(-c3nc4ccc(C)cc4s3)cc2)c2ccccc2Cl)cc1. The molecule has 0 saturated heterocycles. The number of hydrogen-bond donors (Lipinski definition) is 1. The van der Waals surface area contributed by atoms with Gasteiger partial charge < -0.3 is 5.32 Å². The molecule has 9 heteroatoms. The Hall–Kier alpha value is -3.72. The Balaban J connectivity index is 1.37. The quantitative estimate of drug-likeness (QED) is 0.230. The second-order valence-electron chi connectivity index (χ2n) is 8.89. The van der Waals surface area contributed by atoms with Gasteiger partial charge in [0.2, 0.25) is 5.91 Å². The number of thiazole rings is 1. The first kappa shape index (κ1) is 25.9. The molecule has 0 fully saturated rings. The van der Waals surface area contributed by atoms with Crippen LogP contribution >= 0.6 is 22.9 Å². The Morgan fingerprint density at radius 3 is 2.32 bits per heavy atom. The van der Waals surface area contributed by atoms with Crippen LogP contribution in [0.15, 0.2) is 95.9 Å². The number of anilines is 2. The molecule has 0 aliphatic rings. The molecule has 0 atom stereocenters. The first-order valence-corrected chi connectivity index (χ1v) is 14.5. The number of rotatable bonds is 7.